The van der Waals surface area contributed by atoms with Crippen molar-refractivity contribution < 1.29 is 19.5 Å². The number of hydrogen-bond donors (Lipinski definition) is 1. The van der Waals surface area contributed by atoms with E-state index in [2.05, 4.69) is 10.5 Å². The SMILES string of the molecule is Cc1ccc(NC(=O)O/N=C2/CCCCC2c2ccc([N+](=O)[O-])cc2[N+](=O)[O-])cc1. The number of amides is 1. The van der Waals surface area contributed by atoms with E-state index in [1.807, 2.05) is 19.1 Å². The molecule has 1 amide bonds. The second-order valence-corrected chi connectivity index (χ2v) is 7.01. The lowest BCUT2D eigenvalue weighted by molar-refractivity contribution is -0.394. The van der Waals surface area contributed by atoms with E-state index in [9.17, 15) is 25.0 Å². The van der Waals surface area contributed by atoms with Crippen LogP contribution in [0, 0.1) is 27.2 Å². The lowest BCUT2D eigenvalue weighted by Crippen LogP contribution is -2.20. The zero-order valence-corrected chi connectivity index (χ0v) is 16.2. The number of nitrogens with zero attached hydrogens (tertiary/aromatic N) is 3. The van der Waals surface area contributed by atoms with Crippen LogP contribution in [-0.4, -0.2) is 21.7 Å². The van der Waals surface area contributed by atoms with Crippen LogP contribution in [-0.2, 0) is 4.84 Å². The van der Waals surface area contributed by atoms with Crippen LogP contribution in [0.3, 0.4) is 0 Å². The van der Waals surface area contributed by atoms with Gasteiger partial charge in [0.1, 0.15) is 0 Å². The number of hydrogen-bond acceptors (Lipinski definition) is 7. The topological polar surface area (TPSA) is 137 Å². The van der Waals surface area contributed by atoms with Gasteiger partial charge in [-0.15, -0.1) is 0 Å². The van der Waals surface area contributed by atoms with E-state index >= 15 is 0 Å². The minimum absolute atomic E-state index is 0.326. The van der Waals surface area contributed by atoms with Crippen molar-refractivity contribution in [1.82, 2.24) is 0 Å². The number of nitrogens with one attached hydrogen (secondary N) is 1. The normalized spacial score (nSPS) is 17.4. The smallest absolute Gasteiger partial charge is 0.298 e. The molecular weight excluding hydrogens is 392 g/mol. The minimum Gasteiger partial charge on any atom is -0.298 e. The van der Waals surface area contributed by atoms with Gasteiger partial charge in [-0.3, -0.25) is 30.4 Å². The van der Waals surface area contributed by atoms with Crippen LogP contribution in [0.5, 0.6) is 0 Å². The highest BCUT2D eigenvalue weighted by molar-refractivity contribution is 5.93. The molecule has 3 rings (SSSR count). The molecule has 10 heteroatoms. The number of carbonyl (C=O) groups excluding carboxylic acids is 1. The van der Waals surface area contributed by atoms with Gasteiger partial charge in [0, 0.05) is 23.2 Å². The summed E-state index contributed by atoms with van der Waals surface area (Å²) in [6.07, 6.45) is 1.93. The number of anilines is 1. The van der Waals surface area contributed by atoms with Crippen LogP contribution in [0.1, 0.15) is 42.7 Å². The van der Waals surface area contributed by atoms with Crippen molar-refractivity contribution in [1.29, 1.82) is 0 Å². The predicted molar refractivity (Wildman–Crippen MR) is 110 cm³/mol. The summed E-state index contributed by atoms with van der Waals surface area (Å²) in [5.41, 5.74) is 1.73. The fourth-order valence-corrected chi connectivity index (χ4v) is 3.42. The molecule has 156 valence electrons. The fourth-order valence-electron chi connectivity index (χ4n) is 3.42. The minimum atomic E-state index is -0.770. The summed E-state index contributed by atoms with van der Waals surface area (Å²) in [6, 6.07) is 10.7. The van der Waals surface area contributed by atoms with Gasteiger partial charge in [-0.25, -0.2) is 4.79 Å². The first-order valence-electron chi connectivity index (χ1n) is 9.39. The molecule has 2 aromatic carbocycles. The van der Waals surface area contributed by atoms with E-state index in [4.69, 9.17) is 4.84 Å². The quantitative estimate of drug-likeness (QED) is 0.413. The summed E-state index contributed by atoms with van der Waals surface area (Å²) in [7, 11) is 0. The second kappa shape index (κ2) is 9.12. The van der Waals surface area contributed by atoms with Crippen LogP contribution >= 0.6 is 0 Å². The van der Waals surface area contributed by atoms with E-state index in [0.717, 1.165) is 24.5 Å². The van der Waals surface area contributed by atoms with Crippen LogP contribution < -0.4 is 5.32 Å². The van der Waals surface area contributed by atoms with Crippen LogP contribution in [0.4, 0.5) is 21.9 Å². The summed E-state index contributed by atoms with van der Waals surface area (Å²) >= 11 is 0. The molecule has 0 bridgehead atoms. The van der Waals surface area contributed by atoms with Gasteiger partial charge >= 0.3 is 6.09 Å². The van der Waals surface area contributed by atoms with Gasteiger partial charge in [-0.2, -0.15) is 0 Å². The molecule has 1 saturated carbocycles. The lowest BCUT2D eigenvalue weighted by Gasteiger charge is -2.23. The van der Waals surface area contributed by atoms with Crippen molar-refractivity contribution in [2.24, 2.45) is 5.16 Å². The molecule has 0 spiro atoms. The summed E-state index contributed by atoms with van der Waals surface area (Å²) in [5.74, 6) is -0.452. The molecule has 1 aliphatic rings. The molecule has 1 unspecified atom stereocenters. The molecule has 1 fully saturated rings. The van der Waals surface area contributed by atoms with E-state index in [1.54, 1.807) is 12.1 Å². The zero-order valence-electron chi connectivity index (χ0n) is 16.2. The number of nitro benzene ring substituents is 2. The largest absolute Gasteiger partial charge is 0.437 e. The Hall–Kier alpha value is -3.82. The number of carbonyl (C=O) groups is 1. The summed E-state index contributed by atoms with van der Waals surface area (Å²) in [4.78, 5) is 38.2. The average Bonchev–Trinajstić information content (AvgIpc) is 2.73. The van der Waals surface area contributed by atoms with E-state index in [0.29, 0.717) is 29.8 Å². The van der Waals surface area contributed by atoms with Crippen molar-refractivity contribution >= 4 is 28.9 Å². The highest BCUT2D eigenvalue weighted by Crippen LogP contribution is 2.37. The van der Waals surface area contributed by atoms with E-state index in [1.165, 1.54) is 12.1 Å². The number of non-ortho nitro benzene ring substituents is 1. The Morgan fingerprint density at radius 3 is 2.50 bits per heavy atom. The van der Waals surface area contributed by atoms with Crippen LogP contribution in [0.15, 0.2) is 47.6 Å². The highest BCUT2D eigenvalue weighted by Gasteiger charge is 2.31. The van der Waals surface area contributed by atoms with Gasteiger partial charge in [0.2, 0.25) is 0 Å². The van der Waals surface area contributed by atoms with Crippen LogP contribution in [0.25, 0.3) is 0 Å². The third-order valence-electron chi connectivity index (χ3n) is 4.92. The molecule has 2 aromatic rings. The Morgan fingerprint density at radius 1 is 1.10 bits per heavy atom. The molecule has 30 heavy (non-hydrogen) atoms. The maximum absolute atomic E-state index is 12.1. The Kier molecular flexibility index (Phi) is 6.35. The average molecular weight is 412 g/mol. The molecule has 0 radical (unpaired) electrons. The van der Waals surface area contributed by atoms with E-state index in [-0.39, 0.29) is 11.4 Å². The summed E-state index contributed by atoms with van der Waals surface area (Å²) < 4.78 is 0. The van der Waals surface area contributed by atoms with Crippen molar-refractivity contribution in [3.05, 3.63) is 73.8 Å². The molecule has 1 aliphatic carbocycles. The Balaban J connectivity index is 1.80. The monoisotopic (exact) mass is 412 g/mol. The van der Waals surface area contributed by atoms with Crippen molar-refractivity contribution in [2.45, 2.75) is 38.5 Å². The summed E-state index contributed by atoms with van der Waals surface area (Å²) in [5, 5.41) is 29.0. The molecule has 0 aromatic heterocycles. The Morgan fingerprint density at radius 2 is 1.83 bits per heavy atom. The molecule has 1 atom stereocenters. The van der Waals surface area contributed by atoms with Crippen molar-refractivity contribution in [3.8, 4) is 0 Å². The highest BCUT2D eigenvalue weighted by atomic mass is 16.7. The Bertz CT molecular complexity index is 1000. The number of benzene rings is 2. The van der Waals surface area contributed by atoms with Crippen molar-refractivity contribution in [3.63, 3.8) is 0 Å². The van der Waals surface area contributed by atoms with Crippen molar-refractivity contribution in [2.75, 3.05) is 5.32 Å². The second-order valence-electron chi connectivity index (χ2n) is 7.01. The number of oxime groups is 1. The first-order valence-corrected chi connectivity index (χ1v) is 9.39. The van der Waals surface area contributed by atoms with Gasteiger partial charge in [0.15, 0.2) is 0 Å². The first-order chi connectivity index (χ1) is 14.3. The standard InChI is InChI=1S/C20H20N4O6/c1-13-6-8-14(9-7-13)21-20(25)30-22-18-5-3-2-4-16(18)17-11-10-15(23(26)27)12-19(17)24(28)29/h6-12,16H,2-5H2,1H3,(H,21,25)/b22-18-. The molecule has 0 heterocycles. The van der Waals surface area contributed by atoms with E-state index < -0.39 is 21.9 Å². The fraction of sp³-hybridized carbons (Fsp3) is 0.300. The molecular formula is C20H20N4O6. The molecule has 1 N–H and O–H groups in total. The maximum atomic E-state index is 12.1. The van der Waals surface area contributed by atoms with Gasteiger partial charge < -0.3 is 0 Å². The maximum Gasteiger partial charge on any atom is 0.437 e. The summed E-state index contributed by atoms with van der Waals surface area (Å²) in [6.45, 7) is 1.93. The molecule has 10 nitrogen and oxygen atoms in total. The third kappa shape index (κ3) is 4.96. The molecule has 0 saturated heterocycles. The Labute approximate surface area is 171 Å². The first kappa shape index (κ1) is 20.9. The van der Waals surface area contributed by atoms with Crippen LogP contribution in [0.2, 0.25) is 0 Å². The zero-order chi connectivity index (χ0) is 21.7. The molecule has 0 aliphatic heterocycles. The number of nitro groups is 2. The number of rotatable bonds is 5. The van der Waals surface area contributed by atoms with Gasteiger partial charge in [0.25, 0.3) is 11.4 Å². The lowest BCUT2D eigenvalue weighted by atomic mass is 9.81. The number of aryl methyl sites for hydroxylation is 1. The predicted octanol–water partition coefficient (Wildman–Crippen LogP) is 5.07. The third-order valence-corrected chi connectivity index (χ3v) is 4.92. The van der Waals surface area contributed by atoms with Gasteiger partial charge in [0.05, 0.1) is 21.6 Å². The van der Waals surface area contributed by atoms with Gasteiger partial charge in [-0.05, 0) is 44.4 Å². The van der Waals surface area contributed by atoms with Gasteiger partial charge in [-0.1, -0.05) is 29.3 Å².